The highest BCUT2D eigenvalue weighted by Gasteiger charge is 2.21. The van der Waals surface area contributed by atoms with Gasteiger partial charge in [0.25, 0.3) is 0 Å². The van der Waals surface area contributed by atoms with Crippen molar-refractivity contribution < 1.29 is 9.66 Å². The molecule has 2 aromatic rings. The molecule has 100 valence electrons. The van der Waals surface area contributed by atoms with Crippen LogP contribution >= 0.6 is 38.5 Å². The molecule has 8 heteroatoms. The summed E-state index contributed by atoms with van der Waals surface area (Å²) < 4.78 is 6.65. The standard InChI is InChI=1S/C12H5BrIN3O3/c13-8-6-16-2-1-11(8)20-12-9(14)3-7(5-15)4-10(12)17(18)19/h1-4,6H. The molecular weight excluding hydrogens is 441 g/mol. The third kappa shape index (κ3) is 3.05. The van der Waals surface area contributed by atoms with Gasteiger partial charge in [-0.05, 0) is 44.6 Å². The summed E-state index contributed by atoms with van der Waals surface area (Å²) in [6.45, 7) is 0. The van der Waals surface area contributed by atoms with Gasteiger partial charge in [-0.25, -0.2) is 0 Å². The minimum Gasteiger partial charge on any atom is -0.448 e. The van der Waals surface area contributed by atoms with Crippen molar-refractivity contribution >= 4 is 44.2 Å². The van der Waals surface area contributed by atoms with Crippen LogP contribution in [0.4, 0.5) is 5.69 Å². The van der Waals surface area contributed by atoms with Crippen LogP contribution in [0.25, 0.3) is 0 Å². The van der Waals surface area contributed by atoms with Gasteiger partial charge >= 0.3 is 5.69 Å². The quantitative estimate of drug-likeness (QED) is 0.404. The van der Waals surface area contributed by atoms with Gasteiger partial charge < -0.3 is 4.74 Å². The molecule has 0 saturated carbocycles. The van der Waals surface area contributed by atoms with Crippen molar-refractivity contribution in [3.8, 4) is 17.6 Å². The number of nitro benzene ring substituents is 1. The Kier molecular flexibility index (Phi) is 4.51. The van der Waals surface area contributed by atoms with Crippen molar-refractivity contribution in [2.24, 2.45) is 0 Å². The van der Waals surface area contributed by atoms with Gasteiger partial charge in [0.15, 0.2) is 0 Å². The Bertz CT molecular complexity index is 730. The lowest BCUT2D eigenvalue weighted by Gasteiger charge is -2.09. The van der Waals surface area contributed by atoms with Crippen LogP contribution in [-0.4, -0.2) is 9.91 Å². The molecule has 0 aliphatic carbocycles. The molecule has 1 aromatic heterocycles. The molecule has 0 bridgehead atoms. The van der Waals surface area contributed by atoms with E-state index in [-0.39, 0.29) is 17.0 Å². The van der Waals surface area contributed by atoms with Crippen LogP contribution < -0.4 is 4.74 Å². The average molecular weight is 446 g/mol. The van der Waals surface area contributed by atoms with Gasteiger partial charge in [0.05, 0.1) is 24.6 Å². The normalized spacial score (nSPS) is 9.85. The molecule has 0 radical (unpaired) electrons. The average Bonchev–Trinajstić information content (AvgIpc) is 2.42. The fraction of sp³-hybridized carbons (Fsp3) is 0. The van der Waals surface area contributed by atoms with Crippen molar-refractivity contribution in [1.29, 1.82) is 5.26 Å². The number of nitriles is 1. The van der Waals surface area contributed by atoms with Gasteiger partial charge in [-0.3, -0.25) is 15.1 Å². The van der Waals surface area contributed by atoms with Gasteiger partial charge in [-0.15, -0.1) is 0 Å². The number of benzene rings is 1. The number of nitro groups is 1. The fourth-order valence-corrected chi connectivity index (χ4v) is 2.49. The summed E-state index contributed by atoms with van der Waals surface area (Å²) in [6, 6.07) is 6.18. The largest absolute Gasteiger partial charge is 0.448 e. The van der Waals surface area contributed by atoms with Crippen LogP contribution in [0.3, 0.4) is 0 Å². The summed E-state index contributed by atoms with van der Waals surface area (Å²) in [5.41, 5.74) is -0.0422. The van der Waals surface area contributed by atoms with Crippen molar-refractivity contribution in [1.82, 2.24) is 4.98 Å². The third-order valence-electron chi connectivity index (χ3n) is 2.30. The van der Waals surface area contributed by atoms with Crippen molar-refractivity contribution in [3.63, 3.8) is 0 Å². The van der Waals surface area contributed by atoms with Gasteiger partial charge in [-0.1, -0.05) is 0 Å². The molecule has 0 aliphatic heterocycles. The van der Waals surface area contributed by atoms with Crippen LogP contribution in [0.1, 0.15) is 5.56 Å². The summed E-state index contributed by atoms with van der Waals surface area (Å²) in [6.07, 6.45) is 3.04. The number of aromatic nitrogens is 1. The Balaban J connectivity index is 2.54. The van der Waals surface area contributed by atoms with Crippen LogP contribution in [0, 0.1) is 25.0 Å². The van der Waals surface area contributed by atoms with Crippen LogP contribution in [0.2, 0.25) is 0 Å². The molecule has 6 nitrogen and oxygen atoms in total. The summed E-state index contributed by atoms with van der Waals surface area (Å²) in [5.74, 6) is 0.507. The third-order valence-corrected chi connectivity index (χ3v) is 3.69. The molecule has 0 N–H and O–H groups in total. The Morgan fingerprint density at radius 3 is 2.85 bits per heavy atom. The highest BCUT2D eigenvalue weighted by Crippen LogP contribution is 2.38. The van der Waals surface area contributed by atoms with Crippen LogP contribution in [0.5, 0.6) is 11.5 Å². The lowest BCUT2D eigenvalue weighted by atomic mass is 10.2. The molecular formula is C12H5BrIN3O3. The Morgan fingerprint density at radius 2 is 2.25 bits per heavy atom. The second-order valence-corrected chi connectivity index (χ2v) is 5.60. The maximum atomic E-state index is 11.1. The summed E-state index contributed by atoms with van der Waals surface area (Å²) in [4.78, 5) is 14.4. The number of nitrogens with zero attached hydrogens (tertiary/aromatic N) is 3. The van der Waals surface area contributed by atoms with E-state index in [0.717, 1.165) is 0 Å². The number of hydrogen-bond donors (Lipinski definition) is 0. The smallest absolute Gasteiger partial charge is 0.314 e. The predicted octanol–water partition coefficient (Wildman–Crippen LogP) is 4.02. The maximum absolute atomic E-state index is 11.1. The van der Waals surface area contributed by atoms with E-state index in [1.165, 1.54) is 24.5 Å². The van der Waals surface area contributed by atoms with E-state index < -0.39 is 4.92 Å². The lowest BCUT2D eigenvalue weighted by Crippen LogP contribution is -1.97. The number of ether oxygens (including phenoxy) is 1. The predicted molar refractivity (Wildman–Crippen MR) is 82.5 cm³/mol. The molecule has 0 unspecified atom stereocenters. The zero-order valence-corrected chi connectivity index (χ0v) is 13.5. The second-order valence-electron chi connectivity index (χ2n) is 3.58. The Labute approximate surface area is 135 Å². The van der Waals surface area contributed by atoms with Crippen LogP contribution in [0.15, 0.2) is 35.1 Å². The van der Waals surface area contributed by atoms with Crippen LogP contribution in [-0.2, 0) is 0 Å². The molecule has 0 amide bonds. The van der Waals surface area contributed by atoms with Crippen molar-refractivity contribution in [3.05, 3.63) is 54.3 Å². The van der Waals surface area contributed by atoms with E-state index in [0.29, 0.717) is 13.8 Å². The summed E-state index contributed by atoms with van der Waals surface area (Å²) >= 11 is 5.15. The highest BCUT2D eigenvalue weighted by atomic mass is 127. The summed E-state index contributed by atoms with van der Waals surface area (Å²) in [5, 5.41) is 20.0. The molecule has 0 atom stereocenters. The van der Waals surface area contributed by atoms with Gasteiger partial charge in [-0.2, -0.15) is 5.26 Å². The first-order chi connectivity index (χ1) is 9.52. The first kappa shape index (κ1) is 14.7. The number of halogens is 2. The first-order valence-electron chi connectivity index (χ1n) is 5.18. The molecule has 1 heterocycles. The van der Waals surface area contributed by atoms with Gasteiger partial charge in [0.1, 0.15) is 5.75 Å². The molecule has 2 rings (SSSR count). The zero-order valence-electron chi connectivity index (χ0n) is 9.71. The maximum Gasteiger partial charge on any atom is 0.314 e. The fourth-order valence-electron chi connectivity index (χ4n) is 1.44. The minimum absolute atomic E-state index is 0.0986. The molecule has 0 saturated heterocycles. The van der Waals surface area contributed by atoms with Crippen molar-refractivity contribution in [2.75, 3.05) is 0 Å². The number of rotatable bonds is 3. The Hall–Kier alpha value is -1.73. The van der Waals surface area contributed by atoms with E-state index in [1.807, 2.05) is 28.7 Å². The second kappa shape index (κ2) is 6.15. The van der Waals surface area contributed by atoms with Gasteiger partial charge in [0.2, 0.25) is 5.75 Å². The van der Waals surface area contributed by atoms with E-state index in [1.54, 1.807) is 6.07 Å². The van der Waals surface area contributed by atoms with Crippen molar-refractivity contribution in [2.45, 2.75) is 0 Å². The van der Waals surface area contributed by atoms with E-state index >= 15 is 0 Å². The van der Waals surface area contributed by atoms with E-state index in [2.05, 4.69) is 20.9 Å². The monoisotopic (exact) mass is 445 g/mol. The molecule has 0 spiro atoms. The van der Waals surface area contributed by atoms with E-state index in [4.69, 9.17) is 10.00 Å². The topological polar surface area (TPSA) is 89.0 Å². The Morgan fingerprint density at radius 1 is 1.50 bits per heavy atom. The molecule has 1 aromatic carbocycles. The minimum atomic E-state index is -0.576. The first-order valence-corrected chi connectivity index (χ1v) is 7.05. The van der Waals surface area contributed by atoms with E-state index in [9.17, 15) is 10.1 Å². The number of hydrogen-bond acceptors (Lipinski definition) is 5. The summed E-state index contributed by atoms with van der Waals surface area (Å²) in [7, 11) is 0. The van der Waals surface area contributed by atoms with Gasteiger partial charge in [0, 0.05) is 24.5 Å². The number of pyridine rings is 1. The zero-order chi connectivity index (χ0) is 14.7. The SMILES string of the molecule is N#Cc1cc(I)c(Oc2ccncc2Br)c([N+](=O)[O-])c1. The lowest BCUT2D eigenvalue weighted by molar-refractivity contribution is -0.385. The molecule has 0 fully saturated rings. The highest BCUT2D eigenvalue weighted by molar-refractivity contribution is 14.1. The molecule has 0 aliphatic rings. The molecule has 20 heavy (non-hydrogen) atoms.